The molecule has 0 bridgehead atoms. The van der Waals surface area contributed by atoms with Crippen LogP contribution in [0.5, 0.6) is 0 Å². The maximum Gasteiger partial charge on any atom is 0.135 e. The molecule has 0 amide bonds. The molecule has 1 atom stereocenters. The third-order valence-corrected chi connectivity index (χ3v) is 2.90. The zero-order chi connectivity index (χ0) is 11.1. The highest BCUT2D eigenvalue weighted by atomic mass is 32.1. The Morgan fingerprint density at radius 2 is 2.27 bits per heavy atom. The molecule has 0 saturated heterocycles. The third-order valence-electron chi connectivity index (χ3n) is 2.17. The quantitative estimate of drug-likeness (QED) is 0.781. The molecular formula is C10H19N3OS. The number of hydrogen-bond donors (Lipinski definition) is 1. The molecule has 4 nitrogen and oxygen atoms in total. The molecule has 1 unspecified atom stereocenters. The van der Waals surface area contributed by atoms with Crippen LogP contribution in [0.2, 0.25) is 0 Å². The lowest BCUT2D eigenvalue weighted by Gasteiger charge is -2.09. The van der Waals surface area contributed by atoms with E-state index >= 15 is 0 Å². The van der Waals surface area contributed by atoms with Crippen LogP contribution in [0.4, 0.5) is 5.00 Å². The topological polar surface area (TPSA) is 47.0 Å². The van der Waals surface area contributed by atoms with Gasteiger partial charge in [-0.15, -0.1) is 5.10 Å². The van der Waals surface area contributed by atoms with E-state index in [2.05, 4.69) is 35.7 Å². The zero-order valence-corrected chi connectivity index (χ0v) is 10.4. The molecule has 0 aliphatic rings. The van der Waals surface area contributed by atoms with Gasteiger partial charge < -0.3 is 10.1 Å². The molecule has 1 aromatic rings. The Bertz CT molecular complexity index is 277. The second-order valence-electron chi connectivity index (χ2n) is 3.51. The molecule has 1 rings (SSSR count). The highest BCUT2D eigenvalue weighted by Crippen LogP contribution is 2.19. The van der Waals surface area contributed by atoms with Crippen LogP contribution in [-0.4, -0.2) is 22.2 Å². The number of hydrogen-bond acceptors (Lipinski definition) is 5. The summed E-state index contributed by atoms with van der Waals surface area (Å²) in [6.45, 7) is 7.83. The number of nitrogens with zero attached hydrogens (tertiary/aromatic N) is 2. The fourth-order valence-electron chi connectivity index (χ4n) is 1.01. The van der Waals surface area contributed by atoms with Gasteiger partial charge in [0.05, 0.1) is 12.7 Å². The second-order valence-corrected chi connectivity index (χ2v) is 4.26. The highest BCUT2D eigenvalue weighted by molar-refractivity contribution is 7.10. The van der Waals surface area contributed by atoms with Crippen molar-refractivity contribution in [3.8, 4) is 0 Å². The van der Waals surface area contributed by atoms with E-state index in [1.54, 1.807) is 0 Å². The van der Waals surface area contributed by atoms with Gasteiger partial charge in [0.2, 0.25) is 0 Å². The average Bonchev–Trinajstić information content (AvgIpc) is 2.70. The number of anilines is 1. The van der Waals surface area contributed by atoms with Crippen molar-refractivity contribution in [2.45, 2.75) is 46.3 Å². The molecule has 1 aromatic heterocycles. The van der Waals surface area contributed by atoms with Crippen LogP contribution in [0.1, 0.15) is 39.3 Å². The molecular weight excluding hydrogens is 210 g/mol. The summed E-state index contributed by atoms with van der Waals surface area (Å²) in [6, 6.07) is 0. The van der Waals surface area contributed by atoms with Gasteiger partial charge >= 0.3 is 0 Å². The Hall–Kier alpha value is -0.680. The molecule has 0 radical (unpaired) electrons. The van der Waals surface area contributed by atoms with Gasteiger partial charge in [-0.05, 0) is 19.8 Å². The number of ether oxygens (including phenoxy) is 1. The normalized spacial score (nSPS) is 12.7. The van der Waals surface area contributed by atoms with Gasteiger partial charge in [-0.25, -0.2) is 0 Å². The van der Waals surface area contributed by atoms with E-state index in [0.717, 1.165) is 30.1 Å². The molecule has 0 aliphatic heterocycles. The summed E-state index contributed by atoms with van der Waals surface area (Å²) in [5.74, 6) is 0. The minimum absolute atomic E-state index is 0.283. The van der Waals surface area contributed by atoms with Crippen molar-refractivity contribution >= 4 is 16.5 Å². The maximum atomic E-state index is 5.62. The summed E-state index contributed by atoms with van der Waals surface area (Å²) in [5.41, 5.74) is 0.925. The van der Waals surface area contributed by atoms with Crippen molar-refractivity contribution in [2.24, 2.45) is 0 Å². The lowest BCUT2D eigenvalue weighted by atomic mass is 10.3. The fourth-order valence-corrected chi connectivity index (χ4v) is 1.61. The van der Waals surface area contributed by atoms with Crippen molar-refractivity contribution in [2.75, 3.05) is 11.9 Å². The standard InChI is InChI=1S/C10H19N3OS/c1-4-6-11-10-9(12-13-15-10)7-14-8(3)5-2/h8,11H,4-7H2,1-3H3. The first kappa shape index (κ1) is 12.4. The van der Waals surface area contributed by atoms with Gasteiger partial charge in [-0.2, -0.15) is 0 Å². The Morgan fingerprint density at radius 3 is 2.93 bits per heavy atom. The Balaban J connectivity index is 2.42. The second kappa shape index (κ2) is 6.74. The SMILES string of the molecule is CCCNc1snnc1COC(C)CC. The van der Waals surface area contributed by atoms with Gasteiger partial charge in [-0.1, -0.05) is 18.3 Å². The number of aromatic nitrogens is 2. The molecule has 1 N–H and O–H groups in total. The molecule has 86 valence electrons. The van der Waals surface area contributed by atoms with Gasteiger partial charge in [0.1, 0.15) is 10.7 Å². The first-order chi connectivity index (χ1) is 7.27. The van der Waals surface area contributed by atoms with Crippen molar-refractivity contribution < 1.29 is 4.74 Å². The zero-order valence-electron chi connectivity index (χ0n) is 9.62. The van der Waals surface area contributed by atoms with Crippen molar-refractivity contribution in [1.82, 2.24) is 9.59 Å². The first-order valence-electron chi connectivity index (χ1n) is 5.44. The van der Waals surface area contributed by atoms with Crippen molar-refractivity contribution in [3.05, 3.63) is 5.69 Å². The fraction of sp³-hybridized carbons (Fsp3) is 0.800. The van der Waals surface area contributed by atoms with Gasteiger partial charge in [0.15, 0.2) is 0 Å². The summed E-state index contributed by atoms with van der Waals surface area (Å²) >= 11 is 1.40. The van der Waals surface area contributed by atoms with E-state index in [4.69, 9.17) is 4.74 Å². The lowest BCUT2D eigenvalue weighted by molar-refractivity contribution is 0.0492. The molecule has 0 saturated carbocycles. The maximum absolute atomic E-state index is 5.62. The minimum Gasteiger partial charge on any atom is -0.374 e. The van der Waals surface area contributed by atoms with Gasteiger partial charge in [0, 0.05) is 18.1 Å². The number of rotatable bonds is 7. The molecule has 15 heavy (non-hydrogen) atoms. The number of nitrogens with one attached hydrogen (secondary N) is 1. The van der Waals surface area contributed by atoms with E-state index in [1.807, 2.05) is 0 Å². The predicted octanol–water partition coefficient (Wildman–Crippen LogP) is 2.68. The largest absolute Gasteiger partial charge is 0.374 e. The van der Waals surface area contributed by atoms with E-state index in [0.29, 0.717) is 6.61 Å². The molecule has 5 heteroatoms. The van der Waals surface area contributed by atoms with E-state index in [-0.39, 0.29) is 6.10 Å². The van der Waals surface area contributed by atoms with Crippen LogP contribution in [-0.2, 0) is 11.3 Å². The highest BCUT2D eigenvalue weighted by Gasteiger charge is 2.08. The molecule has 0 aliphatic carbocycles. The van der Waals surface area contributed by atoms with Crippen LogP contribution in [0.15, 0.2) is 0 Å². The monoisotopic (exact) mass is 229 g/mol. The Kier molecular flexibility index (Phi) is 5.57. The third kappa shape index (κ3) is 4.13. The predicted molar refractivity (Wildman–Crippen MR) is 63.2 cm³/mol. The lowest BCUT2D eigenvalue weighted by Crippen LogP contribution is -2.08. The van der Waals surface area contributed by atoms with Gasteiger partial charge in [-0.3, -0.25) is 0 Å². The van der Waals surface area contributed by atoms with Crippen LogP contribution in [0.3, 0.4) is 0 Å². The summed E-state index contributed by atoms with van der Waals surface area (Å²) in [5, 5.41) is 8.40. The van der Waals surface area contributed by atoms with Crippen LogP contribution >= 0.6 is 11.5 Å². The summed E-state index contributed by atoms with van der Waals surface area (Å²) < 4.78 is 9.55. The molecule has 0 spiro atoms. The Morgan fingerprint density at radius 1 is 1.47 bits per heavy atom. The van der Waals surface area contributed by atoms with Crippen LogP contribution in [0, 0.1) is 0 Å². The first-order valence-corrected chi connectivity index (χ1v) is 6.21. The van der Waals surface area contributed by atoms with Crippen molar-refractivity contribution in [1.29, 1.82) is 0 Å². The summed E-state index contributed by atoms with van der Waals surface area (Å²) in [7, 11) is 0. The van der Waals surface area contributed by atoms with Crippen LogP contribution in [0.25, 0.3) is 0 Å². The van der Waals surface area contributed by atoms with E-state index < -0.39 is 0 Å². The Labute approximate surface area is 95.2 Å². The molecule has 1 heterocycles. The average molecular weight is 229 g/mol. The van der Waals surface area contributed by atoms with Crippen molar-refractivity contribution in [3.63, 3.8) is 0 Å². The van der Waals surface area contributed by atoms with Crippen LogP contribution < -0.4 is 5.32 Å². The van der Waals surface area contributed by atoms with E-state index in [1.165, 1.54) is 11.5 Å². The van der Waals surface area contributed by atoms with Gasteiger partial charge in [0.25, 0.3) is 0 Å². The van der Waals surface area contributed by atoms with E-state index in [9.17, 15) is 0 Å². The smallest absolute Gasteiger partial charge is 0.135 e. The summed E-state index contributed by atoms with van der Waals surface area (Å²) in [4.78, 5) is 0. The molecule has 0 aromatic carbocycles. The summed E-state index contributed by atoms with van der Waals surface area (Å²) in [6.07, 6.45) is 2.41. The molecule has 0 fully saturated rings. The minimum atomic E-state index is 0.283.